The van der Waals surface area contributed by atoms with E-state index in [1.54, 1.807) is 0 Å². The van der Waals surface area contributed by atoms with Gasteiger partial charge in [-0.15, -0.1) is 0 Å². The Morgan fingerprint density at radius 3 is 2.75 bits per heavy atom. The summed E-state index contributed by atoms with van der Waals surface area (Å²) in [5.74, 6) is -3.56. The van der Waals surface area contributed by atoms with Crippen LogP contribution in [-0.2, 0) is 17.8 Å². The molecule has 2 aromatic rings. The summed E-state index contributed by atoms with van der Waals surface area (Å²) in [7, 11) is 0. The number of benzene rings is 1. The Hall–Kier alpha value is -3.27. The van der Waals surface area contributed by atoms with Crippen LogP contribution in [0.4, 0.5) is 8.78 Å². The van der Waals surface area contributed by atoms with Crippen molar-refractivity contribution < 1.29 is 28.2 Å². The number of pyridine rings is 1. The van der Waals surface area contributed by atoms with Crippen molar-refractivity contribution in [3.8, 4) is 5.75 Å². The molecule has 2 aliphatic rings. The lowest BCUT2D eigenvalue weighted by atomic mass is 10.0. The summed E-state index contributed by atoms with van der Waals surface area (Å²) < 4.78 is 34.2. The van der Waals surface area contributed by atoms with E-state index in [4.69, 9.17) is 4.74 Å². The first-order valence-corrected chi connectivity index (χ1v) is 10.3. The minimum atomic E-state index is -1.00. The number of nitrogens with one attached hydrogen (secondary N) is 1. The molecule has 32 heavy (non-hydrogen) atoms. The van der Waals surface area contributed by atoms with Crippen molar-refractivity contribution in [1.29, 1.82) is 0 Å². The van der Waals surface area contributed by atoms with Crippen LogP contribution in [0.1, 0.15) is 46.7 Å². The van der Waals surface area contributed by atoms with Crippen LogP contribution < -0.4 is 10.7 Å². The van der Waals surface area contributed by atoms with Crippen molar-refractivity contribution in [2.45, 2.75) is 45.7 Å². The van der Waals surface area contributed by atoms with Crippen LogP contribution in [0.15, 0.2) is 29.2 Å². The van der Waals surface area contributed by atoms with Gasteiger partial charge >= 0.3 is 0 Å². The van der Waals surface area contributed by atoms with E-state index in [0.29, 0.717) is 19.0 Å². The zero-order valence-electron chi connectivity index (χ0n) is 17.6. The van der Waals surface area contributed by atoms with E-state index in [2.05, 4.69) is 5.32 Å². The molecule has 4 rings (SSSR count). The molecule has 0 aliphatic carbocycles. The second-order valence-corrected chi connectivity index (χ2v) is 8.30. The van der Waals surface area contributed by atoms with Crippen LogP contribution in [0.25, 0.3) is 0 Å². The Labute approximate surface area is 182 Å². The second-order valence-electron chi connectivity index (χ2n) is 8.30. The number of hydrogen-bond donors (Lipinski definition) is 2. The van der Waals surface area contributed by atoms with Crippen molar-refractivity contribution in [1.82, 2.24) is 14.8 Å². The highest BCUT2D eigenvalue weighted by Gasteiger charge is 2.40. The average Bonchev–Trinajstić information content (AvgIpc) is 2.75. The monoisotopic (exact) mass is 447 g/mol. The number of carbonyl (C=O) groups excluding carboxylic acids is 2. The molecule has 1 fully saturated rings. The van der Waals surface area contributed by atoms with Crippen molar-refractivity contribution in [2.75, 3.05) is 6.54 Å². The molecule has 2 amide bonds. The first kappa shape index (κ1) is 21.9. The number of amides is 2. The molecule has 1 aromatic heterocycles. The maximum absolute atomic E-state index is 13.8. The van der Waals surface area contributed by atoms with Crippen LogP contribution in [0.2, 0.25) is 0 Å². The molecule has 2 N–H and O–H groups in total. The molecule has 0 saturated carbocycles. The highest BCUT2D eigenvalue weighted by molar-refractivity contribution is 5.99. The lowest BCUT2D eigenvalue weighted by Gasteiger charge is -2.44. The summed E-state index contributed by atoms with van der Waals surface area (Å²) in [4.78, 5) is 39.6. The maximum atomic E-state index is 13.8. The van der Waals surface area contributed by atoms with Gasteiger partial charge in [0.1, 0.15) is 17.2 Å². The van der Waals surface area contributed by atoms with Gasteiger partial charge < -0.3 is 24.6 Å². The normalized spacial score (nSPS) is 20.2. The van der Waals surface area contributed by atoms with Gasteiger partial charge in [-0.1, -0.05) is 19.9 Å². The Morgan fingerprint density at radius 2 is 2.06 bits per heavy atom. The molecule has 3 heterocycles. The Bertz CT molecular complexity index is 1150. The lowest BCUT2D eigenvalue weighted by molar-refractivity contribution is -0.147. The van der Waals surface area contributed by atoms with E-state index < -0.39 is 46.4 Å². The smallest absolute Gasteiger partial charge is 0.276 e. The number of carbonyl (C=O) groups is 2. The molecule has 1 saturated heterocycles. The van der Waals surface area contributed by atoms with E-state index in [9.17, 15) is 28.3 Å². The molecule has 10 heteroatoms. The average molecular weight is 447 g/mol. The number of aromatic hydroxyl groups is 1. The first-order valence-electron chi connectivity index (χ1n) is 10.3. The summed E-state index contributed by atoms with van der Waals surface area (Å²) >= 11 is 0. The van der Waals surface area contributed by atoms with Crippen molar-refractivity contribution in [3.05, 3.63) is 63.1 Å². The van der Waals surface area contributed by atoms with Crippen molar-refractivity contribution >= 4 is 11.8 Å². The first-order chi connectivity index (χ1) is 15.2. The van der Waals surface area contributed by atoms with Gasteiger partial charge in [-0.25, -0.2) is 8.78 Å². The standard InChI is InChI=1S/C22H23F2N3O5/c1-11(2)16-5-6-27-17(32-16)10-26-9-14(19(28)20(29)18(26)22(27)31)21(30)25-8-12-3-4-13(23)7-15(12)24/h3-4,7,9,11,16-17,29H,5-6,8,10H2,1-2H3,(H,25,30)/t16?,17-/m1/s1. The second kappa shape index (κ2) is 8.34. The van der Waals surface area contributed by atoms with E-state index in [1.807, 2.05) is 13.8 Å². The third kappa shape index (κ3) is 3.86. The molecule has 170 valence electrons. The van der Waals surface area contributed by atoms with Gasteiger partial charge in [-0.2, -0.15) is 0 Å². The van der Waals surface area contributed by atoms with Crippen LogP contribution >= 0.6 is 0 Å². The number of fused-ring (bicyclic) bond motifs is 2. The largest absolute Gasteiger partial charge is 0.503 e. The number of nitrogens with zero attached hydrogens (tertiary/aromatic N) is 2. The molecule has 0 radical (unpaired) electrons. The molecule has 1 unspecified atom stereocenters. The van der Waals surface area contributed by atoms with Gasteiger partial charge in [0.15, 0.2) is 17.7 Å². The fourth-order valence-corrected chi connectivity index (χ4v) is 4.04. The van der Waals surface area contributed by atoms with Gasteiger partial charge in [0.05, 0.1) is 12.6 Å². The number of aromatic nitrogens is 1. The summed E-state index contributed by atoms with van der Waals surface area (Å²) in [5, 5.41) is 12.8. The van der Waals surface area contributed by atoms with Gasteiger partial charge in [-0.05, 0) is 18.4 Å². The molecule has 0 bridgehead atoms. The van der Waals surface area contributed by atoms with Gasteiger partial charge in [-0.3, -0.25) is 14.4 Å². The zero-order valence-corrected chi connectivity index (χ0v) is 17.6. The predicted molar refractivity (Wildman–Crippen MR) is 109 cm³/mol. The van der Waals surface area contributed by atoms with E-state index in [1.165, 1.54) is 21.7 Å². The number of ether oxygens (including phenoxy) is 1. The molecule has 2 aliphatic heterocycles. The Morgan fingerprint density at radius 1 is 1.31 bits per heavy atom. The molecule has 8 nitrogen and oxygen atoms in total. The minimum Gasteiger partial charge on any atom is -0.503 e. The highest BCUT2D eigenvalue weighted by atomic mass is 19.1. The molecule has 1 aromatic carbocycles. The van der Waals surface area contributed by atoms with Crippen LogP contribution in [0, 0.1) is 17.6 Å². The molecular weight excluding hydrogens is 424 g/mol. The lowest BCUT2D eigenvalue weighted by Crippen LogP contribution is -2.56. The van der Waals surface area contributed by atoms with Gasteiger partial charge in [0, 0.05) is 30.9 Å². The Balaban J connectivity index is 1.60. The third-order valence-electron chi connectivity index (χ3n) is 5.85. The van der Waals surface area contributed by atoms with Crippen LogP contribution in [0.5, 0.6) is 5.75 Å². The zero-order chi connectivity index (χ0) is 23.2. The number of rotatable bonds is 4. The fourth-order valence-electron chi connectivity index (χ4n) is 4.04. The predicted octanol–water partition coefficient (Wildman–Crippen LogP) is 1.99. The van der Waals surface area contributed by atoms with Crippen LogP contribution in [0.3, 0.4) is 0 Å². The van der Waals surface area contributed by atoms with Gasteiger partial charge in [0.25, 0.3) is 11.8 Å². The van der Waals surface area contributed by atoms with E-state index in [-0.39, 0.29) is 36.4 Å². The maximum Gasteiger partial charge on any atom is 0.276 e. The fraction of sp³-hybridized carbons (Fsp3) is 0.409. The highest BCUT2D eigenvalue weighted by Crippen LogP contribution is 2.30. The minimum absolute atomic E-state index is 0.0307. The summed E-state index contributed by atoms with van der Waals surface area (Å²) in [6, 6.07) is 2.92. The van der Waals surface area contributed by atoms with E-state index >= 15 is 0 Å². The van der Waals surface area contributed by atoms with Crippen molar-refractivity contribution in [3.63, 3.8) is 0 Å². The van der Waals surface area contributed by atoms with Gasteiger partial charge in [0.2, 0.25) is 5.43 Å². The molecule has 2 atom stereocenters. The summed E-state index contributed by atoms with van der Waals surface area (Å²) in [6.07, 6.45) is 1.23. The van der Waals surface area contributed by atoms with Crippen molar-refractivity contribution in [2.24, 2.45) is 5.92 Å². The summed E-state index contributed by atoms with van der Waals surface area (Å²) in [5.41, 5.74) is -1.56. The topological polar surface area (TPSA) is 101 Å². The summed E-state index contributed by atoms with van der Waals surface area (Å²) in [6.45, 7) is 4.33. The SMILES string of the molecule is CC(C)C1CCN2C(=O)c3c(O)c(=O)c(C(=O)NCc4ccc(F)cc4F)cn3C[C@H]2O1. The quantitative estimate of drug-likeness (QED) is 0.747. The third-order valence-corrected chi connectivity index (χ3v) is 5.85. The van der Waals surface area contributed by atoms with Crippen LogP contribution in [-0.4, -0.2) is 45.3 Å². The molecule has 0 spiro atoms. The Kier molecular flexibility index (Phi) is 5.72. The van der Waals surface area contributed by atoms with E-state index in [0.717, 1.165) is 6.07 Å². The number of halogens is 2. The number of hydrogen-bond acceptors (Lipinski definition) is 5. The molecular formula is C22H23F2N3O5.